The van der Waals surface area contributed by atoms with E-state index >= 15 is 0 Å². The highest BCUT2D eigenvalue weighted by molar-refractivity contribution is 6.06. The van der Waals surface area contributed by atoms with Gasteiger partial charge in [0.25, 0.3) is 0 Å². The Morgan fingerprint density at radius 1 is 1.20 bits per heavy atom. The molecule has 0 aromatic heterocycles. The maximum atomic E-state index is 12.5. The molecule has 2 aliphatic heterocycles. The van der Waals surface area contributed by atoms with E-state index in [9.17, 15) is 9.59 Å². The van der Waals surface area contributed by atoms with Gasteiger partial charge < -0.3 is 15.0 Å². The highest BCUT2D eigenvalue weighted by atomic mass is 16.5. The smallest absolute Gasteiger partial charge is 0.227 e. The standard InChI is InChI=1S/C20H22N2O3/c23-19-11-15(20(24)21-12-16-7-4-10-25-16)13-22(19)18-9-3-6-14-5-1-2-8-17(14)18/h1-3,5-6,8-9,15-16H,4,7,10-13H2,(H,21,24)/t15-,16+/m1/s1. The topological polar surface area (TPSA) is 58.6 Å². The van der Waals surface area contributed by atoms with E-state index in [0.29, 0.717) is 13.1 Å². The normalized spacial score (nSPS) is 23.4. The maximum absolute atomic E-state index is 12.5. The zero-order valence-corrected chi connectivity index (χ0v) is 14.1. The molecule has 2 aromatic carbocycles. The average molecular weight is 338 g/mol. The van der Waals surface area contributed by atoms with Crippen LogP contribution in [-0.2, 0) is 14.3 Å². The highest BCUT2D eigenvalue weighted by Gasteiger charge is 2.35. The number of carbonyl (C=O) groups excluding carboxylic acids is 2. The molecule has 2 fully saturated rings. The zero-order valence-electron chi connectivity index (χ0n) is 14.1. The van der Waals surface area contributed by atoms with Crippen LogP contribution in [0.2, 0.25) is 0 Å². The molecule has 2 aromatic rings. The van der Waals surface area contributed by atoms with Crippen molar-refractivity contribution in [3.05, 3.63) is 42.5 Å². The maximum Gasteiger partial charge on any atom is 0.227 e. The first kappa shape index (κ1) is 16.1. The molecular weight excluding hydrogens is 316 g/mol. The van der Waals surface area contributed by atoms with Crippen molar-refractivity contribution in [1.82, 2.24) is 5.32 Å². The Morgan fingerprint density at radius 2 is 2.04 bits per heavy atom. The van der Waals surface area contributed by atoms with Crippen molar-refractivity contribution >= 4 is 28.3 Å². The van der Waals surface area contributed by atoms with E-state index in [0.717, 1.165) is 35.9 Å². The van der Waals surface area contributed by atoms with E-state index in [4.69, 9.17) is 4.74 Å². The lowest BCUT2D eigenvalue weighted by Gasteiger charge is -2.19. The molecule has 25 heavy (non-hydrogen) atoms. The summed E-state index contributed by atoms with van der Waals surface area (Å²) >= 11 is 0. The number of ether oxygens (including phenoxy) is 1. The van der Waals surface area contributed by atoms with Gasteiger partial charge in [-0.05, 0) is 24.3 Å². The van der Waals surface area contributed by atoms with Gasteiger partial charge in [0.05, 0.1) is 17.7 Å². The van der Waals surface area contributed by atoms with Crippen LogP contribution in [0.15, 0.2) is 42.5 Å². The Labute approximate surface area is 146 Å². The van der Waals surface area contributed by atoms with Gasteiger partial charge in [-0.2, -0.15) is 0 Å². The summed E-state index contributed by atoms with van der Waals surface area (Å²) in [6.45, 7) is 1.75. The third kappa shape index (κ3) is 3.24. The summed E-state index contributed by atoms with van der Waals surface area (Å²) in [6.07, 6.45) is 2.43. The van der Waals surface area contributed by atoms with Crippen LogP contribution in [0.1, 0.15) is 19.3 Å². The molecule has 2 heterocycles. The van der Waals surface area contributed by atoms with Crippen molar-refractivity contribution in [2.75, 3.05) is 24.6 Å². The van der Waals surface area contributed by atoms with E-state index < -0.39 is 0 Å². The first-order valence-corrected chi connectivity index (χ1v) is 8.90. The minimum atomic E-state index is -0.298. The van der Waals surface area contributed by atoms with Crippen LogP contribution in [0.25, 0.3) is 10.8 Å². The number of hydrogen-bond acceptors (Lipinski definition) is 3. The van der Waals surface area contributed by atoms with Crippen LogP contribution >= 0.6 is 0 Å². The molecule has 2 atom stereocenters. The fraction of sp³-hybridized carbons (Fsp3) is 0.400. The van der Waals surface area contributed by atoms with Gasteiger partial charge in [-0.15, -0.1) is 0 Å². The number of rotatable bonds is 4. The summed E-state index contributed by atoms with van der Waals surface area (Å²) in [5, 5.41) is 5.09. The summed E-state index contributed by atoms with van der Waals surface area (Å²) in [4.78, 5) is 26.7. The fourth-order valence-corrected chi connectivity index (χ4v) is 3.72. The van der Waals surface area contributed by atoms with E-state index in [1.807, 2.05) is 42.5 Å². The van der Waals surface area contributed by atoms with Gasteiger partial charge in [-0.3, -0.25) is 9.59 Å². The van der Waals surface area contributed by atoms with Gasteiger partial charge in [0, 0.05) is 31.5 Å². The van der Waals surface area contributed by atoms with Crippen molar-refractivity contribution in [2.45, 2.75) is 25.4 Å². The number of anilines is 1. The van der Waals surface area contributed by atoms with Gasteiger partial charge in [-0.25, -0.2) is 0 Å². The number of nitrogens with one attached hydrogen (secondary N) is 1. The van der Waals surface area contributed by atoms with Crippen LogP contribution in [0.5, 0.6) is 0 Å². The first-order chi connectivity index (χ1) is 12.2. The Balaban J connectivity index is 1.47. The predicted molar refractivity (Wildman–Crippen MR) is 96.4 cm³/mol. The van der Waals surface area contributed by atoms with Crippen LogP contribution in [0.4, 0.5) is 5.69 Å². The van der Waals surface area contributed by atoms with Crippen LogP contribution < -0.4 is 10.2 Å². The molecule has 5 heteroatoms. The molecule has 0 saturated carbocycles. The van der Waals surface area contributed by atoms with Gasteiger partial charge >= 0.3 is 0 Å². The Kier molecular flexibility index (Phi) is 4.40. The SMILES string of the molecule is O=C(NC[C@@H]1CCCO1)[C@@H]1CC(=O)N(c2cccc3ccccc23)C1. The molecule has 130 valence electrons. The van der Waals surface area contributed by atoms with Gasteiger partial charge in [-0.1, -0.05) is 36.4 Å². The number of fused-ring (bicyclic) bond motifs is 1. The molecule has 2 aliphatic rings. The second-order valence-electron chi connectivity index (χ2n) is 6.78. The zero-order chi connectivity index (χ0) is 17.2. The van der Waals surface area contributed by atoms with Gasteiger partial charge in [0.2, 0.25) is 11.8 Å². The van der Waals surface area contributed by atoms with E-state index in [-0.39, 0.29) is 30.3 Å². The van der Waals surface area contributed by atoms with Crippen molar-refractivity contribution < 1.29 is 14.3 Å². The summed E-state index contributed by atoms with van der Waals surface area (Å²) in [7, 11) is 0. The van der Waals surface area contributed by atoms with Crippen LogP contribution in [0.3, 0.4) is 0 Å². The van der Waals surface area contributed by atoms with E-state index in [1.165, 1.54) is 0 Å². The molecule has 4 rings (SSSR count). The van der Waals surface area contributed by atoms with E-state index in [2.05, 4.69) is 5.32 Å². The monoisotopic (exact) mass is 338 g/mol. The van der Waals surface area contributed by atoms with Gasteiger partial charge in [0.15, 0.2) is 0 Å². The molecule has 0 bridgehead atoms. The number of nitrogens with zero attached hydrogens (tertiary/aromatic N) is 1. The minimum Gasteiger partial charge on any atom is -0.376 e. The molecular formula is C20H22N2O3. The molecule has 0 spiro atoms. The predicted octanol–water partition coefficient (Wildman–Crippen LogP) is 2.49. The largest absolute Gasteiger partial charge is 0.376 e. The number of benzene rings is 2. The van der Waals surface area contributed by atoms with Crippen molar-refractivity contribution in [3.8, 4) is 0 Å². The lowest BCUT2D eigenvalue weighted by molar-refractivity contribution is -0.126. The van der Waals surface area contributed by atoms with Crippen LogP contribution in [-0.4, -0.2) is 37.6 Å². The number of carbonyl (C=O) groups is 2. The minimum absolute atomic E-state index is 0.00798. The fourth-order valence-electron chi connectivity index (χ4n) is 3.72. The number of hydrogen-bond donors (Lipinski definition) is 1. The van der Waals surface area contributed by atoms with Crippen molar-refractivity contribution in [3.63, 3.8) is 0 Å². The molecule has 2 amide bonds. The Bertz CT molecular complexity index is 793. The first-order valence-electron chi connectivity index (χ1n) is 8.90. The molecule has 5 nitrogen and oxygen atoms in total. The van der Waals surface area contributed by atoms with E-state index in [1.54, 1.807) is 4.90 Å². The molecule has 0 unspecified atom stereocenters. The molecule has 0 aliphatic carbocycles. The summed E-state index contributed by atoms with van der Waals surface area (Å²) in [5.41, 5.74) is 0.887. The lowest BCUT2D eigenvalue weighted by Crippen LogP contribution is -2.37. The average Bonchev–Trinajstić information content (AvgIpc) is 3.29. The van der Waals surface area contributed by atoms with Crippen LogP contribution in [0, 0.1) is 5.92 Å². The summed E-state index contributed by atoms with van der Waals surface area (Å²) in [6, 6.07) is 13.9. The highest BCUT2D eigenvalue weighted by Crippen LogP contribution is 2.31. The van der Waals surface area contributed by atoms with Gasteiger partial charge in [0.1, 0.15) is 0 Å². The molecule has 0 radical (unpaired) electrons. The summed E-state index contributed by atoms with van der Waals surface area (Å²) < 4.78 is 5.53. The Hall–Kier alpha value is -2.40. The quantitative estimate of drug-likeness (QED) is 0.932. The second kappa shape index (κ2) is 6.84. The van der Waals surface area contributed by atoms with Crippen molar-refractivity contribution in [1.29, 1.82) is 0 Å². The molecule has 2 saturated heterocycles. The second-order valence-corrected chi connectivity index (χ2v) is 6.78. The van der Waals surface area contributed by atoms with Crippen molar-refractivity contribution in [2.24, 2.45) is 5.92 Å². The third-order valence-electron chi connectivity index (χ3n) is 5.08. The molecule has 1 N–H and O–H groups in total. The third-order valence-corrected chi connectivity index (χ3v) is 5.08. The Morgan fingerprint density at radius 3 is 2.88 bits per heavy atom. The number of amides is 2. The summed E-state index contributed by atoms with van der Waals surface area (Å²) in [5.74, 6) is -0.340. The lowest BCUT2D eigenvalue weighted by atomic mass is 10.1.